The molecule has 2 fully saturated rings. The summed E-state index contributed by atoms with van der Waals surface area (Å²) in [6.45, 7) is 5.45. The third-order valence-corrected chi connectivity index (χ3v) is 4.94. The van der Waals surface area contributed by atoms with Crippen molar-refractivity contribution in [3.8, 4) is 0 Å². The number of aliphatic carboxylic acids is 1. The summed E-state index contributed by atoms with van der Waals surface area (Å²) in [5, 5.41) is 12.8. The van der Waals surface area contributed by atoms with E-state index in [4.69, 9.17) is 0 Å². The molecule has 1 amide bonds. The van der Waals surface area contributed by atoms with E-state index in [1.165, 1.54) is 24.2 Å². The predicted molar refractivity (Wildman–Crippen MR) is 76.4 cm³/mol. The van der Waals surface area contributed by atoms with Crippen molar-refractivity contribution in [2.24, 2.45) is 5.92 Å². The molecule has 0 radical (unpaired) electrons. The normalized spacial score (nSPS) is 29.9. The molecule has 0 spiro atoms. The lowest BCUT2D eigenvalue weighted by Crippen LogP contribution is -2.57. The van der Waals surface area contributed by atoms with Gasteiger partial charge in [-0.2, -0.15) is 0 Å². The number of nitrogens with one attached hydrogen (secondary N) is 1. The molecule has 0 bridgehead atoms. The second-order valence-electron chi connectivity index (χ2n) is 6.55. The van der Waals surface area contributed by atoms with Gasteiger partial charge < -0.3 is 15.3 Å². The molecule has 2 aliphatic rings. The van der Waals surface area contributed by atoms with Crippen LogP contribution in [0.4, 0.5) is 0 Å². The summed E-state index contributed by atoms with van der Waals surface area (Å²) in [6, 6.07) is 0.242. The van der Waals surface area contributed by atoms with E-state index in [-0.39, 0.29) is 11.9 Å². The lowest BCUT2D eigenvalue weighted by atomic mass is 9.85. The Balaban J connectivity index is 2.08. The number of carbonyl (C=O) groups excluding carboxylic acids is 1. The fourth-order valence-electron chi connectivity index (χ4n) is 3.64. The van der Waals surface area contributed by atoms with Gasteiger partial charge in [0, 0.05) is 12.6 Å². The molecule has 0 aromatic rings. The molecule has 3 atom stereocenters. The van der Waals surface area contributed by atoms with Crippen molar-refractivity contribution < 1.29 is 14.7 Å². The summed E-state index contributed by atoms with van der Waals surface area (Å²) in [5.41, 5.74) is -1.15. The van der Waals surface area contributed by atoms with E-state index < -0.39 is 11.5 Å². The van der Waals surface area contributed by atoms with Gasteiger partial charge in [-0.3, -0.25) is 4.79 Å². The topological polar surface area (TPSA) is 69.6 Å². The Hall–Kier alpha value is -1.10. The molecule has 1 aliphatic heterocycles. The van der Waals surface area contributed by atoms with Crippen molar-refractivity contribution in [1.29, 1.82) is 0 Å². The number of nitrogens with zero attached hydrogens (tertiary/aromatic N) is 1. The van der Waals surface area contributed by atoms with Crippen molar-refractivity contribution in [3.05, 3.63) is 0 Å². The van der Waals surface area contributed by atoms with Crippen molar-refractivity contribution in [1.82, 2.24) is 10.2 Å². The Morgan fingerprint density at radius 3 is 2.50 bits per heavy atom. The summed E-state index contributed by atoms with van der Waals surface area (Å²) in [4.78, 5) is 25.5. The van der Waals surface area contributed by atoms with E-state index in [9.17, 15) is 14.7 Å². The first-order valence-electron chi connectivity index (χ1n) is 7.68. The van der Waals surface area contributed by atoms with Gasteiger partial charge in [-0.15, -0.1) is 0 Å². The summed E-state index contributed by atoms with van der Waals surface area (Å²) in [7, 11) is 0. The maximum Gasteiger partial charge on any atom is 0.329 e. The fraction of sp³-hybridized carbons (Fsp3) is 0.867. The minimum absolute atomic E-state index is 0.0608. The Labute approximate surface area is 120 Å². The highest BCUT2D eigenvalue weighted by atomic mass is 16.4. The lowest BCUT2D eigenvalue weighted by Gasteiger charge is -2.36. The highest BCUT2D eigenvalue weighted by Gasteiger charge is 2.44. The number of carbonyl (C=O) groups is 2. The molecular weight excluding hydrogens is 256 g/mol. The molecule has 114 valence electrons. The Morgan fingerprint density at radius 2 is 1.95 bits per heavy atom. The monoisotopic (exact) mass is 282 g/mol. The fourth-order valence-corrected chi connectivity index (χ4v) is 3.64. The molecule has 20 heavy (non-hydrogen) atoms. The number of fused-ring (bicyclic) bond motifs is 1. The van der Waals surface area contributed by atoms with Crippen LogP contribution in [-0.4, -0.2) is 46.1 Å². The SMILES string of the molecule is CCN(C(=O)C1CC2CCCCC2N1)C(C)(C)C(=O)O. The summed E-state index contributed by atoms with van der Waals surface area (Å²) >= 11 is 0. The molecule has 1 saturated carbocycles. The molecule has 5 heteroatoms. The maximum atomic E-state index is 12.7. The van der Waals surface area contributed by atoms with Gasteiger partial charge in [0.2, 0.25) is 5.91 Å². The van der Waals surface area contributed by atoms with Crippen LogP contribution in [0.25, 0.3) is 0 Å². The minimum atomic E-state index is -1.15. The van der Waals surface area contributed by atoms with Crippen LogP contribution in [0.15, 0.2) is 0 Å². The van der Waals surface area contributed by atoms with Crippen LogP contribution < -0.4 is 5.32 Å². The number of likely N-dealkylation sites (N-methyl/N-ethyl adjacent to an activating group) is 1. The number of amides is 1. The summed E-state index contributed by atoms with van der Waals surface area (Å²) < 4.78 is 0. The number of rotatable bonds is 4. The third kappa shape index (κ3) is 2.68. The van der Waals surface area contributed by atoms with Gasteiger partial charge in [-0.05, 0) is 46.0 Å². The van der Waals surface area contributed by atoms with Crippen LogP contribution in [0.2, 0.25) is 0 Å². The molecule has 5 nitrogen and oxygen atoms in total. The first-order valence-corrected chi connectivity index (χ1v) is 7.68. The van der Waals surface area contributed by atoms with Gasteiger partial charge >= 0.3 is 5.97 Å². The van der Waals surface area contributed by atoms with Crippen molar-refractivity contribution in [2.75, 3.05) is 6.54 Å². The molecule has 0 aromatic heterocycles. The van der Waals surface area contributed by atoms with Gasteiger partial charge in [0.15, 0.2) is 0 Å². The van der Waals surface area contributed by atoms with Crippen LogP contribution in [0.5, 0.6) is 0 Å². The highest BCUT2D eigenvalue weighted by molar-refractivity contribution is 5.89. The van der Waals surface area contributed by atoms with E-state index in [0.29, 0.717) is 18.5 Å². The quantitative estimate of drug-likeness (QED) is 0.822. The zero-order valence-electron chi connectivity index (χ0n) is 12.7. The standard InChI is InChI=1S/C15H26N2O3/c1-4-17(15(2,3)14(19)20)13(18)12-9-10-7-5-6-8-11(10)16-12/h10-12,16H,4-9H2,1-3H3,(H,19,20). The van der Waals surface area contributed by atoms with E-state index >= 15 is 0 Å². The highest BCUT2D eigenvalue weighted by Crippen LogP contribution is 2.34. The Morgan fingerprint density at radius 1 is 1.30 bits per heavy atom. The molecule has 1 heterocycles. The van der Waals surface area contributed by atoms with Crippen LogP contribution in [0.3, 0.4) is 0 Å². The Bertz CT molecular complexity index is 381. The predicted octanol–water partition coefficient (Wildman–Crippen LogP) is 1.62. The summed E-state index contributed by atoms with van der Waals surface area (Å²) in [6.07, 6.45) is 5.67. The van der Waals surface area contributed by atoms with Gasteiger partial charge in [0.05, 0.1) is 6.04 Å². The molecule has 0 aromatic carbocycles. The average Bonchev–Trinajstić information content (AvgIpc) is 2.82. The summed E-state index contributed by atoms with van der Waals surface area (Å²) in [5.74, 6) is -0.429. The van der Waals surface area contributed by atoms with E-state index in [0.717, 1.165) is 12.8 Å². The minimum Gasteiger partial charge on any atom is -0.480 e. The van der Waals surface area contributed by atoms with Crippen molar-refractivity contribution >= 4 is 11.9 Å². The number of carboxylic acid groups (broad SMARTS) is 1. The molecule has 3 unspecified atom stereocenters. The maximum absolute atomic E-state index is 12.7. The molecular formula is C15H26N2O3. The average molecular weight is 282 g/mol. The smallest absolute Gasteiger partial charge is 0.329 e. The van der Waals surface area contributed by atoms with Crippen LogP contribution in [0, 0.1) is 5.92 Å². The first kappa shape index (κ1) is 15.3. The van der Waals surface area contributed by atoms with Crippen LogP contribution in [-0.2, 0) is 9.59 Å². The number of carboxylic acids is 1. The molecule has 1 saturated heterocycles. The lowest BCUT2D eigenvalue weighted by molar-refractivity contribution is -0.157. The van der Waals surface area contributed by atoms with Gasteiger partial charge in [0.1, 0.15) is 5.54 Å². The molecule has 2 N–H and O–H groups in total. The zero-order chi connectivity index (χ0) is 14.9. The third-order valence-electron chi connectivity index (χ3n) is 4.94. The molecule has 1 aliphatic carbocycles. The van der Waals surface area contributed by atoms with Crippen molar-refractivity contribution in [3.63, 3.8) is 0 Å². The van der Waals surface area contributed by atoms with Gasteiger partial charge in [-0.1, -0.05) is 12.8 Å². The van der Waals surface area contributed by atoms with E-state index in [2.05, 4.69) is 5.32 Å². The number of hydrogen-bond acceptors (Lipinski definition) is 3. The van der Waals surface area contributed by atoms with E-state index in [1.807, 2.05) is 6.92 Å². The zero-order valence-corrected chi connectivity index (χ0v) is 12.7. The van der Waals surface area contributed by atoms with Gasteiger partial charge in [0.25, 0.3) is 0 Å². The second kappa shape index (κ2) is 5.72. The molecule has 2 rings (SSSR count). The van der Waals surface area contributed by atoms with Gasteiger partial charge in [-0.25, -0.2) is 4.79 Å². The van der Waals surface area contributed by atoms with E-state index in [1.54, 1.807) is 13.8 Å². The second-order valence-corrected chi connectivity index (χ2v) is 6.55. The van der Waals surface area contributed by atoms with Crippen molar-refractivity contribution in [2.45, 2.75) is 70.5 Å². The largest absolute Gasteiger partial charge is 0.480 e. The van der Waals surface area contributed by atoms with Crippen LogP contribution >= 0.6 is 0 Å². The first-order chi connectivity index (χ1) is 9.37. The van der Waals surface area contributed by atoms with Crippen LogP contribution in [0.1, 0.15) is 52.9 Å². The number of hydrogen-bond donors (Lipinski definition) is 2. The Kier molecular flexibility index (Phi) is 4.37.